The zero-order valence-electron chi connectivity index (χ0n) is 12.5. The van der Waals surface area contributed by atoms with Crippen molar-refractivity contribution in [3.05, 3.63) is 0 Å². The van der Waals surface area contributed by atoms with Crippen molar-refractivity contribution < 1.29 is 60.6 Å². The predicted octanol–water partition coefficient (Wildman–Crippen LogP) is -6.38. The molecule has 1 fully saturated rings. The molecule has 1 aliphatic rings. The van der Waals surface area contributed by atoms with Crippen molar-refractivity contribution >= 4 is 5.78 Å². The van der Waals surface area contributed by atoms with Gasteiger partial charge < -0.3 is 55.8 Å². The summed E-state index contributed by atoms with van der Waals surface area (Å²) in [5.41, 5.74) is 0. The zero-order chi connectivity index (χ0) is 17.7. The highest BCUT2D eigenvalue weighted by atomic mass is 16.7. The van der Waals surface area contributed by atoms with Gasteiger partial charge in [-0.3, -0.25) is 4.79 Å². The molecule has 0 aromatic carbocycles. The normalized spacial score (nSPS) is 34.1. The second-order valence-corrected chi connectivity index (χ2v) is 5.12. The van der Waals surface area contributed by atoms with Crippen molar-refractivity contribution in [3.63, 3.8) is 0 Å². The lowest BCUT2D eigenvalue weighted by Gasteiger charge is -2.41. The van der Waals surface area contributed by atoms with Crippen LogP contribution in [0.3, 0.4) is 0 Å². The van der Waals surface area contributed by atoms with Crippen LogP contribution < -0.4 is 0 Å². The van der Waals surface area contributed by atoms with Gasteiger partial charge in [-0.25, -0.2) is 0 Å². The number of ketones is 1. The Bertz CT molecular complexity index is 377. The smallest absolute Gasteiger partial charge is 0.189 e. The van der Waals surface area contributed by atoms with Crippen molar-refractivity contribution in [1.29, 1.82) is 0 Å². The predicted molar refractivity (Wildman–Crippen MR) is 73.4 cm³/mol. The fraction of sp³-hybridized carbons (Fsp3) is 0.917. The van der Waals surface area contributed by atoms with Crippen LogP contribution in [-0.2, 0) is 14.3 Å². The lowest BCUT2D eigenvalue weighted by Crippen LogP contribution is -2.61. The van der Waals surface area contributed by atoms with Gasteiger partial charge in [0.15, 0.2) is 12.1 Å². The van der Waals surface area contributed by atoms with E-state index in [1.165, 1.54) is 0 Å². The fourth-order valence-corrected chi connectivity index (χ4v) is 2.09. The topological polar surface area (TPSA) is 229 Å². The van der Waals surface area contributed by atoms with Crippen LogP contribution in [0.5, 0.6) is 0 Å². The third-order valence-corrected chi connectivity index (χ3v) is 3.50. The van der Waals surface area contributed by atoms with E-state index in [2.05, 4.69) is 0 Å². The molecule has 144 valence electrons. The maximum absolute atomic E-state index is 11.3. The Morgan fingerprint density at radius 3 is 2.08 bits per heavy atom. The van der Waals surface area contributed by atoms with E-state index >= 15 is 0 Å². The summed E-state index contributed by atoms with van der Waals surface area (Å²) >= 11 is 0. The first-order chi connectivity index (χ1) is 10.8. The molecule has 0 spiro atoms. The van der Waals surface area contributed by atoms with E-state index in [0.717, 1.165) is 0 Å². The van der Waals surface area contributed by atoms with E-state index in [0.29, 0.717) is 0 Å². The van der Waals surface area contributed by atoms with Crippen LogP contribution in [-0.4, -0.2) is 121 Å². The van der Waals surface area contributed by atoms with Crippen molar-refractivity contribution in [3.8, 4) is 0 Å². The summed E-state index contributed by atoms with van der Waals surface area (Å²) in [6, 6.07) is 0. The van der Waals surface area contributed by atoms with Gasteiger partial charge in [-0.15, -0.1) is 0 Å². The van der Waals surface area contributed by atoms with E-state index in [-0.39, 0.29) is 5.48 Å². The summed E-state index contributed by atoms with van der Waals surface area (Å²) in [5.74, 6) is -1.12. The fourth-order valence-electron chi connectivity index (χ4n) is 2.09. The molecule has 0 aromatic heterocycles. The van der Waals surface area contributed by atoms with E-state index in [4.69, 9.17) is 24.8 Å². The van der Waals surface area contributed by atoms with Crippen LogP contribution in [0.4, 0.5) is 0 Å². The highest BCUT2D eigenvalue weighted by Gasteiger charge is 2.46. The number of aliphatic hydroxyl groups is 8. The van der Waals surface area contributed by atoms with Crippen molar-refractivity contribution in [2.24, 2.45) is 0 Å². The Labute approximate surface area is 136 Å². The van der Waals surface area contributed by atoms with Crippen LogP contribution in [0.1, 0.15) is 0 Å². The molecule has 0 amide bonds. The minimum absolute atomic E-state index is 0. The maximum atomic E-state index is 11.3. The van der Waals surface area contributed by atoms with Crippen LogP contribution in [0.2, 0.25) is 0 Å². The van der Waals surface area contributed by atoms with Gasteiger partial charge >= 0.3 is 0 Å². The maximum Gasteiger partial charge on any atom is 0.189 e. The minimum atomic E-state index is -2.05. The summed E-state index contributed by atoms with van der Waals surface area (Å²) in [4.78, 5) is 11.3. The molecular formula is C12H24O12. The molecule has 0 bridgehead atoms. The Kier molecular flexibility index (Phi) is 9.94. The van der Waals surface area contributed by atoms with Gasteiger partial charge in [0.1, 0.15) is 49.3 Å². The molecule has 1 aliphatic heterocycles. The zero-order valence-corrected chi connectivity index (χ0v) is 12.5. The summed E-state index contributed by atoms with van der Waals surface area (Å²) in [6.45, 7) is -2.71. The highest BCUT2D eigenvalue weighted by molar-refractivity contribution is 5.84. The van der Waals surface area contributed by atoms with Gasteiger partial charge in [-0.1, -0.05) is 0 Å². The number of aliphatic hydroxyl groups excluding tert-OH is 8. The van der Waals surface area contributed by atoms with E-state index in [9.17, 15) is 30.3 Å². The Morgan fingerprint density at radius 1 is 1.04 bits per heavy atom. The molecule has 1 saturated heterocycles. The summed E-state index contributed by atoms with van der Waals surface area (Å²) in [5, 5.41) is 75.1. The molecule has 12 nitrogen and oxygen atoms in total. The van der Waals surface area contributed by atoms with E-state index < -0.39 is 74.6 Å². The SMILES string of the molecule is O.O=C(CO)[C@@H](O)C(O[C@H]1O[C@H](CO)[C@@H](O)[C@H](O)[C@H]1O)[C@H](O)CO. The lowest BCUT2D eigenvalue weighted by molar-refractivity contribution is -0.323. The van der Waals surface area contributed by atoms with Crippen LogP contribution in [0.15, 0.2) is 0 Å². The van der Waals surface area contributed by atoms with Gasteiger partial charge in [-0.05, 0) is 0 Å². The monoisotopic (exact) mass is 360 g/mol. The Hall–Kier alpha value is -0.770. The molecule has 0 aliphatic carbocycles. The summed E-state index contributed by atoms with van der Waals surface area (Å²) in [7, 11) is 0. The first-order valence-corrected chi connectivity index (χ1v) is 6.85. The molecule has 1 heterocycles. The highest BCUT2D eigenvalue weighted by Crippen LogP contribution is 2.24. The van der Waals surface area contributed by atoms with Crippen molar-refractivity contribution in [2.45, 2.75) is 49.0 Å². The van der Waals surface area contributed by atoms with Gasteiger partial charge in [0.05, 0.1) is 13.2 Å². The van der Waals surface area contributed by atoms with Crippen LogP contribution in [0, 0.1) is 0 Å². The van der Waals surface area contributed by atoms with Gasteiger partial charge in [-0.2, -0.15) is 0 Å². The molecule has 0 radical (unpaired) electrons. The third-order valence-electron chi connectivity index (χ3n) is 3.50. The molecular weight excluding hydrogens is 336 g/mol. The first-order valence-electron chi connectivity index (χ1n) is 6.85. The second kappa shape index (κ2) is 10.3. The Balaban J connectivity index is 0.00000529. The quantitative estimate of drug-likeness (QED) is 0.203. The number of carbonyl (C=O) groups is 1. The van der Waals surface area contributed by atoms with E-state index in [1.807, 2.05) is 0 Å². The molecule has 0 aromatic rings. The third kappa shape index (κ3) is 5.11. The number of rotatable bonds is 8. The number of Topliss-reactive ketones (excluding diaryl/α,β-unsaturated/α-hetero) is 1. The molecule has 24 heavy (non-hydrogen) atoms. The number of ether oxygens (including phenoxy) is 2. The number of hydrogen-bond acceptors (Lipinski definition) is 11. The molecule has 1 rings (SSSR count). The summed E-state index contributed by atoms with van der Waals surface area (Å²) < 4.78 is 10.1. The molecule has 8 atom stereocenters. The average molecular weight is 360 g/mol. The number of carbonyl (C=O) groups excluding carboxylic acids is 1. The number of hydrogen-bond donors (Lipinski definition) is 8. The van der Waals surface area contributed by atoms with Gasteiger partial charge in [0.2, 0.25) is 0 Å². The second-order valence-electron chi connectivity index (χ2n) is 5.12. The van der Waals surface area contributed by atoms with E-state index in [1.54, 1.807) is 0 Å². The molecule has 12 heteroatoms. The van der Waals surface area contributed by atoms with Crippen molar-refractivity contribution in [1.82, 2.24) is 0 Å². The summed E-state index contributed by atoms with van der Waals surface area (Å²) in [6.07, 6.45) is -13.8. The first kappa shape index (κ1) is 23.2. The molecule has 10 N–H and O–H groups in total. The Morgan fingerprint density at radius 2 is 1.62 bits per heavy atom. The molecule has 1 unspecified atom stereocenters. The van der Waals surface area contributed by atoms with Gasteiger partial charge in [0.25, 0.3) is 0 Å². The molecule has 0 saturated carbocycles. The average Bonchev–Trinajstić information content (AvgIpc) is 2.57. The standard InChI is InChI=1S/C12H22O11.H2O/c13-1-4(16)7(18)11(5(17)2-14)23-12-10(21)9(20)8(19)6(3-15)22-12;/h5-15,17-21H,1-3H2;1H2/t5-,6-,7-,8-,9+,10-,11?,12-;/m1./s1. The van der Waals surface area contributed by atoms with Gasteiger partial charge in [0, 0.05) is 0 Å². The minimum Gasteiger partial charge on any atom is -0.412 e. The lowest BCUT2D eigenvalue weighted by atomic mass is 9.98. The van der Waals surface area contributed by atoms with Crippen molar-refractivity contribution in [2.75, 3.05) is 19.8 Å². The largest absolute Gasteiger partial charge is 0.412 e. The van der Waals surface area contributed by atoms with Crippen LogP contribution >= 0.6 is 0 Å². The van der Waals surface area contributed by atoms with Crippen LogP contribution in [0.25, 0.3) is 0 Å².